The van der Waals surface area contributed by atoms with Crippen molar-refractivity contribution in [2.24, 2.45) is 5.41 Å². The van der Waals surface area contributed by atoms with Crippen LogP contribution in [0, 0.1) is 5.41 Å². The Morgan fingerprint density at radius 1 is 1.23 bits per heavy atom. The van der Waals surface area contributed by atoms with Crippen molar-refractivity contribution < 1.29 is 14.6 Å². The van der Waals surface area contributed by atoms with E-state index < -0.39 is 17.6 Å². The van der Waals surface area contributed by atoms with Crippen molar-refractivity contribution in [2.75, 3.05) is 6.54 Å². The molecule has 0 spiro atoms. The van der Waals surface area contributed by atoms with Gasteiger partial charge in [-0.1, -0.05) is 51.1 Å². The quantitative estimate of drug-likeness (QED) is 0.772. The van der Waals surface area contributed by atoms with Gasteiger partial charge in [-0.25, -0.2) is 0 Å². The first-order chi connectivity index (χ1) is 10.1. The van der Waals surface area contributed by atoms with Crippen molar-refractivity contribution in [1.29, 1.82) is 0 Å². The van der Waals surface area contributed by atoms with E-state index in [0.29, 0.717) is 13.2 Å². The maximum atomic E-state index is 11.7. The van der Waals surface area contributed by atoms with Crippen molar-refractivity contribution >= 4 is 5.97 Å². The maximum Gasteiger partial charge on any atom is 0.326 e. The fourth-order valence-corrected chi connectivity index (χ4v) is 2.05. The van der Waals surface area contributed by atoms with E-state index in [9.17, 15) is 9.90 Å². The third-order valence-electron chi connectivity index (χ3n) is 3.97. The standard InChI is InChI=1S/C18H29NO3/c1-14(22-13-15-9-7-6-8-10-15)18(5,16(20)21)19-12-11-17(2,3)4/h6-10,14,19H,11-13H2,1-5H3,(H,20,21). The molecular formula is C18H29NO3. The average Bonchev–Trinajstić information content (AvgIpc) is 2.44. The summed E-state index contributed by atoms with van der Waals surface area (Å²) < 4.78 is 5.79. The number of carboxylic acid groups (broad SMARTS) is 1. The molecule has 0 saturated carbocycles. The van der Waals surface area contributed by atoms with E-state index in [-0.39, 0.29) is 5.41 Å². The summed E-state index contributed by atoms with van der Waals surface area (Å²) in [4.78, 5) is 11.7. The number of rotatable bonds is 8. The second-order valence-corrected chi connectivity index (χ2v) is 7.18. The molecule has 2 N–H and O–H groups in total. The largest absolute Gasteiger partial charge is 0.480 e. The summed E-state index contributed by atoms with van der Waals surface area (Å²) in [5.74, 6) is -0.887. The third kappa shape index (κ3) is 5.78. The van der Waals surface area contributed by atoms with Gasteiger partial charge in [-0.15, -0.1) is 0 Å². The fourth-order valence-electron chi connectivity index (χ4n) is 2.05. The van der Waals surface area contributed by atoms with Gasteiger partial charge in [0.25, 0.3) is 0 Å². The predicted octanol–water partition coefficient (Wildman–Crippen LogP) is 3.46. The lowest BCUT2D eigenvalue weighted by Crippen LogP contribution is -2.58. The number of carboxylic acids is 1. The van der Waals surface area contributed by atoms with Crippen LogP contribution in [0.25, 0.3) is 0 Å². The Morgan fingerprint density at radius 2 is 1.82 bits per heavy atom. The van der Waals surface area contributed by atoms with Crippen LogP contribution in [0.2, 0.25) is 0 Å². The molecule has 4 nitrogen and oxygen atoms in total. The molecule has 0 aliphatic carbocycles. The van der Waals surface area contributed by atoms with Crippen molar-refractivity contribution in [3.63, 3.8) is 0 Å². The van der Waals surface area contributed by atoms with E-state index in [2.05, 4.69) is 26.1 Å². The molecule has 1 aromatic carbocycles. The van der Waals surface area contributed by atoms with Gasteiger partial charge in [0.1, 0.15) is 5.54 Å². The van der Waals surface area contributed by atoms with Gasteiger partial charge in [-0.05, 0) is 37.8 Å². The van der Waals surface area contributed by atoms with E-state index in [1.165, 1.54) is 0 Å². The van der Waals surface area contributed by atoms with Gasteiger partial charge in [-0.3, -0.25) is 10.1 Å². The molecule has 0 saturated heterocycles. The third-order valence-corrected chi connectivity index (χ3v) is 3.97. The first-order valence-corrected chi connectivity index (χ1v) is 7.79. The summed E-state index contributed by atoms with van der Waals surface area (Å²) in [6.07, 6.45) is 0.464. The number of carbonyl (C=O) groups is 1. The summed E-state index contributed by atoms with van der Waals surface area (Å²) >= 11 is 0. The summed E-state index contributed by atoms with van der Waals surface area (Å²) in [7, 11) is 0. The number of hydrogen-bond acceptors (Lipinski definition) is 3. The van der Waals surface area contributed by atoms with Crippen molar-refractivity contribution in [3.05, 3.63) is 35.9 Å². The van der Waals surface area contributed by atoms with Crippen LogP contribution in [0.15, 0.2) is 30.3 Å². The van der Waals surface area contributed by atoms with Gasteiger partial charge in [0.15, 0.2) is 0 Å². The van der Waals surface area contributed by atoms with Crippen LogP contribution in [-0.4, -0.2) is 29.3 Å². The highest BCUT2D eigenvalue weighted by atomic mass is 16.5. The lowest BCUT2D eigenvalue weighted by Gasteiger charge is -2.33. The minimum absolute atomic E-state index is 0.167. The topological polar surface area (TPSA) is 58.6 Å². The zero-order valence-electron chi connectivity index (χ0n) is 14.3. The van der Waals surface area contributed by atoms with Gasteiger partial charge in [0.2, 0.25) is 0 Å². The maximum absolute atomic E-state index is 11.7. The number of nitrogens with one attached hydrogen (secondary N) is 1. The average molecular weight is 307 g/mol. The van der Waals surface area contributed by atoms with E-state index >= 15 is 0 Å². The lowest BCUT2D eigenvalue weighted by atomic mass is 9.90. The van der Waals surface area contributed by atoms with E-state index in [1.807, 2.05) is 30.3 Å². The normalized spacial score (nSPS) is 16.0. The second kappa shape index (κ2) is 7.75. The van der Waals surface area contributed by atoms with Gasteiger partial charge in [-0.2, -0.15) is 0 Å². The molecule has 1 aromatic rings. The summed E-state index contributed by atoms with van der Waals surface area (Å²) in [6, 6.07) is 9.78. The zero-order chi connectivity index (χ0) is 16.8. The van der Waals surface area contributed by atoms with Crippen molar-refractivity contribution in [3.8, 4) is 0 Å². The molecule has 0 aromatic heterocycles. The Balaban J connectivity index is 2.61. The minimum atomic E-state index is -1.10. The SMILES string of the molecule is CC(OCc1ccccc1)C(C)(NCCC(C)(C)C)C(=O)O. The van der Waals surface area contributed by atoms with Crippen LogP contribution in [0.5, 0.6) is 0 Å². The number of benzene rings is 1. The smallest absolute Gasteiger partial charge is 0.326 e. The van der Waals surface area contributed by atoms with Gasteiger partial charge in [0.05, 0.1) is 12.7 Å². The predicted molar refractivity (Wildman–Crippen MR) is 88.8 cm³/mol. The summed E-state index contributed by atoms with van der Waals surface area (Å²) in [5, 5.41) is 12.8. The van der Waals surface area contributed by atoms with E-state index in [4.69, 9.17) is 4.74 Å². The molecule has 0 aliphatic rings. The van der Waals surface area contributed by atoms with Crippen LogP contribution >= 0.6 is 0 Å². The molecule has 0 fully saturated rings. The molecule has 2 unspecified atom stereocenters. The molecule has 2 atom stereocenters. The second-order valence-electron chi connectivity index (χ2n) is 7.18. The molecule has 22 heavy (non-hydrogen) atoms. The van der Waals surface area contributed by atoms with E-state index in [1.54, 1.807) is 13.8 Å². The zero-order valence-corrected chi connectivity index (χ0v) is 14.3. The Bertz CT molecular complexity index is 467. The van der Waals surface area contributed by atoms with Crippen molar-refractivity contribution in [1.82, 2.24) is 5.32 Å². The Hall–Kier alpha value is -1.39. The number of ether oxygens (including phenoxy) is 1. The number of hydrogen-bond donors (Lipinski definition) is 2. The Kier molecular flexibility index (Phi) is 6.57. The van der Waals surface area contributed by atoms with Crippen LogP contribution < -0.4 is 5.32 Å². The highest BCUT2D eigenvalue weighted by Gasteiger charge is 2.39. The molecule has 1 rings (SSSR count). The molecule has 0 heterocycles. The van der Waals surface area contributed by atoms with E-state index in [0.717, 1.165) is 12.0 Å². The van der Waals surface area contributed by atoms with Gasteiger partial charge >= 0.3 is 5.97 Å². The Morgan fingerprint density at radius 3 is 2.32 bits per heavy atom. The molecule has 124 valence electrons. The molecule has 0 amide bonds. The number of aliphatic carboxylic acids is 1. The molecule has 4 heteroatoms. The fraction of sp³-hybridized carbons (Fsp3) is 0.611. The van der Waals surface area contributed by atoms with Crippen LogP contribution in [0.4, 0.5) is 0 Å². The summed E-state index contributed by atoms with van der Waals surface area (Å²) in [6.45, 7) is 11.0. The van der Waals surface area contributed by atoms with Crippen LogP contribution in [0.3, 0.4) is 0 Å². The van der Waals surface area contributed by atoms with Crippen LogP contribution in [0.1, 0.15) is 46.6 Å². The molecule has 0 bridgehead atoms. The van der Waals surface area contributed by atoms with Crippen LogP contribution in [-0.2, 0) is 16.1 Å². The highest BCUT2D eigenvalue weighted by molar-refractivity contribution is 5.79. The molecule has 0 aliphatic heterocycles. The first-order valence-electron chi connectivity index (χ1n) is 7.79. The first kappa shape index (κ1) is 18.7. The minimum Gasteiger partial charge on any atom is -0.480 e. The monoisotopic (exact) mass is 307 g/mol. The molecule has 0 radical (unpaired) electrons. The highest BCUT2D eigenvalue weighted by Crippen LogP contribution is 2.20. The van der Waals surface area contributed by atoms with Crippen molar-refractivity contribution in [2.45, 2.75) is 59.3 Å². The Labute approximate surface area is 133 Å². The van der Waals surface area contributed by atoms with Gasteiger partial charge in [0, 0.05) is 0 Å². The molecular weight excluding hydrogens is 278 g/mol. The summed E-state index contributed by atoms with van der Waals surface area (Å²) in [5.41, 5.74) is 0.109. The lowest BCUT2D eigenvalue weighted by molar-refractivity contribution is -0.151. The van der Waals surface area contributed by atoms with Gasteiger partial charge < -0.3 is 9.84 Å².